The Balaban J connectivity index is 1.95. The minimum atomic E-state index is -3.08. The molecule has 8 heteroatoms. The lowest BCUT2D eigenvalue weighted by atomic mass is 10.0. The lowest BCUT2D eigenvalue weighted by molar-refractivity contribution is 0.0240. The maximum Gasteiger partial charge on any atom is 0.211 e. The van der Waals surface area contributed by atoms with Crippen molar-refractivity contribution in [3.63, 3.8) is 0 Å². The molecular formula is C14H29N5O2S. The molecule has 0 bridgehead atoms. The van der Waals surface area contributed by atoms with Gasteiger partial charge in [-0.3, -0.25) is 15.1 Å². The summed E-state index contributed by atoms with van der Waals surface area (Å²) in [4.78, 5) is 4.56. The highest BCUT2D eigenvalue weighted by molar-refractivity contribution is 7.88. The van der Waals surface area contributed by atoms with Crippen LogP contribution >= 0.6 is 0 Å². The highest BCUT2D eigenvalue weighted by Gasteiger charge is 2.35. The summed E-state index contributed by atoms with van der Waals surface area (Å²) in [5.41, 5.74) is 6.85. The van der Waals surface area contributed by atoms with Crippen LogP contribution in [0, 0.1) is 0 Å². The average Bonchev–Trinajstić information content (AvgIpc) is 2.46. The van der Waals surface area contributed by atoms with E-state index in [-0.39, 0.29) is 6.17 Å². The van der Waals surface area contributed by atoms with Crippen LogP contribution in [0.1, 0.15) is 13.8 Å². The highest BCUT2D eigenvalue weighted by Crippen LogP contribution is 2.20. The second kappa shape index (κ2) is 6.54. The van der Waals surface area contributed by atoms with Crippen molar-refractivity contribution in [3.05, 3.63) is 12.2 Å². The molecule has 2 saturated heterocycles. The third-order valence-corrected chi connectivity index (χ3v) is 6.16. The van der Waals surface area contributed by atoms with Crippen LogP contribution in [0.25, 0.3) is 0 Å². The normalized spacial score (nSPS) is 29.2. The van der Waals surface area contributed by atoms with Gasteiger partial charge in [-0.15, -0.1) is 0 Å². The molecule has 2 aliphatic heterocycles. The molecule has 2 fully saturated rings. The fourth-order valence-corrected chi connectivity index (χ4v) is 3.84. The van der Waals surface area contributed by atoms with E-state index in [1.54, 1.807) is 4.31 Å². The highest BCUT2D eigenvalue weighted by atomic mass is 32.2. The van der Waals surface area contributed by atoms with Gasteiger partial charge in [-0.1, -0.05) is 6.58 Å². The maximum atomic E-state index is 11.6. The molecule has 0 aromatic heterocycles. The molecule has 0 radical (unpaired) electrons. The summed E-state index contributed by atoms with van der Waals surface area (Å²) in [6.45, 7) is 13.1. The minimum Gasteiger partial charge on any atom is -0.310 e. The fraction of sp³-hybridized carbons (Fsp3) is 0.857. The molecule has 2 aliphatic rings. The molecule has 2 heterocycles. The SMILES string of the molecule is C=C(C)C(C)(N)N1CCNC(N2CCN(S(C)(=O)=O)CC2)C1. The third kappa shape index (κ3) is 3.87. The Morgan fingerprint density at radius 1 is 1.27 bits per heavy atom. The van der Waals surface area contributed by atoms with Crippen LogP contribution in [0.2, 0.25) is 0 Å². The molecule has 2 atom stereocenters. The first kappa shape index (κ1) is 17.8. The number of hydrogen-bond acceptors (Lipinski definition) is 6. The first-order valence-corrected chi connectivity index (χ1v) is 9.59. The molecule has 0 aromatic carbocycles. The van der Waals surface area contributed by atoms with Crippen molar-refractivity contribution >= 4 is 10.0 Å². The van der Waals surface area contributed by atoms with E-state index in [0.717, 1.165) is 38.3 Å². The van der Waals surface area contributed by atoms with E-state index in [1.165, 1.54) is 6.26 Å². The molecule has 22 heavy (non-hydrogen) atoms. The van der Waals surface area contributed by atoms with E-state index in [2.05, 4.69) is 21.7 Å². The van der Waals surface area contributed by atoms with Crippen LogP contribution in [-0.4, -0.2) is 86.4 Å². The number of rotatable bonds is 4. The number of nitrogens with one attached hydrogen (secondary N) is 1. The van der Waals surface area contributed by atoms with Gasteiger partial charge in [0.2, 0.25) is 10.0 Å². The van der Waals surface area contributed by atoms with Crippen molar-refractivity contribution in [2.75, 3.05) is 52.1 Å². The molecule has 128 valence electrons. The molecule has 7 nitrogen and oxygen atoms in total. The largest absolute Gasteiger partial charge is 0.310 e. The van der Waals surface area contributed by atoms with Gasteiger partial charge in [0.05, 0.1) is 18.1 Å². The summed E-state index contributed by atoms with van der Waals surface area (Å²) in [6, 6.07) is 0. The quantitative estimate of drug-likeness (QED) is 0.646. The Morgan fingerprint density at radius 3 is 2.36 bits per heavy atom. The number of nitrogens with zero attached hydrogens (tertiary/aromatic N) is 3. The monoisotopic (exact) mass is 331 g/mol. The number of piperazine rings is 2. The molecule has 2 rings (SSSR count). The maximum absolute atomic E-state index is 11.6. The zero-order valence-electron chi connectivity index (χ0n) is 13.9. The summed E-state index contributed by atoms with van der Waals surface area (Å²) in [5, 5.41) is 3.51. The summed E-state index contributed by atoms with van der Waals surface area (Å²) in [7, 11) is -3.08. The van der Waals surface area contributed by atoms with Gasteiger partial charge >= 0.3 is 0 Å². The van der Waals surface area contributed by atoms with Gasteiger partial charge < -0.3 is 5.73 Å². The molecule has 0 amide bonds. The van der Waals surface area contributed by atoms with Crippen molar-refractivity contribution in [3.8, 4) is 0 Å². The number of hydrogen-bond donors (Lipinski definition) is 2. The van der Waals surface area contributed by atoms with Crippen LogP contribution in [0.15, 0.2) is 12.2 Å². The molecule has 2 unspecified atom stereocenters. The van der Waals surface area contributed by atoms with Crippen molar-refractivity contribution in [2.45, 2.75) is 25.7 Å². The third-order valence-electron chi connectivity index (χ3n) is 4.86. The van der Waals surface area contributed by atoms with E-state index in [4.69, 9.17) is 5.73 Å². The molecule has 0 aromatic rings. The second-order valence-corrected chi connectivity index (χ2v) is 8.52. The van der Waals surface area contributed by atoms with E-state index in [0.29, 0.717) is 13.1 Å². The molecule has 0 aliphatic carbocycles. The van der Waals surface area contributed by atoms with Gasteiger partial charge in [0.1, 0.15) is 0 Å². The number of sulfonamides is 1. The van der Waals surface area contributed by atoms with Crippen molar-refractivity contribution in [2.24, 2.45) is 5.73 Å². The van der Waals surface area contributed by atoms with Gasteiger partial charge in [-0.05, 0) is 19.4 Å². The van der Waals surface area contributed by atoms with E-state index < -0.39 is 15.7 Å². The lowest BCUT2D eigenvalue weighted by Gasteiger charge is -2.48. The second-order valence-electron chi connectivity index (χ2n) is 6.54. The first-order chi connectivity index (χ1) is 10.1. The predicted octanol–water partition coefficient (Wildman–Crippen LogP) is -0.954. The molecular weight excluding hydrogens is 302 g/mol. The van der Waals surface area contributed by atoms with Gasteiger partial charge in [0.15, 0.2) is 0 Å². The molecule has 3 N–H and O–H groups in total. The van der Waals surface area contributed by atoms with Crippen LogP contribution in [-0.2, 0) is 10.0 Å². The summed E-state index contributed by atoms with van der Waals surface area (Å²) in [6.07, 6.45) is 1.48. The van der Waals surface area contributed by atoms with Gasteiger partial charge in [-0.25, -0.2) is 8.42 Å². The van der Waals surface area contributed by atoms with Crippen molar-refractivity contribution in [1.82, 2.24) is 19.4 Å². The van der Waals surface area contributed by atoms with E-state index in [9.17, 15) is 8.42 Å². The fourth-order valence-electron chi connectivity index (χ4n) is 3.01. The lowest BCUT2D eigenvalue weighted by Crippen LogP contribution is -2.67. The first-order valence-electron chi connectivity index (χ1n) is 7.75. The Bertz CT molecular complexity index is 511. The van der Waals surface area contributed by atoms with Gasteiger partial charge in [-0.2, -0.15) is 4.31 Å². The van der Waals surface area contributed by atoms with E-state index in [1.807, 2.05) is 13.8 Å². The smallest absolute Gasteiger partial charge is 0.211 e. The van der Waals surface area contributed by atoms with Gasteiger partial charge in [0.25, 0.3) is 0 Å². The summed E-state index contributed by atoms with van der Waals surface area (Å²) in [5.74, 6) is 0. The van der Waals surface area contributed by atoms with Crippen LogP contribution < -0.4 is 11.1 Å². The zero-order chi connectivity index (χ0) is 16.5. The molecule has 0 saturated carbocycles. The summed E-state index contributed by atoms with van der Waals surface area (Å²) < 4.78 is 24.7. The Morgan fingerprint density at radius 2 is 1.86 bits per heavy atom. The molecule has 0 spiro atoms. The standard InChI is InChI=1S/C14H29N5O2S/c1-12(2)14(3,15)18-6-5-16-13(11-18)17-7-9-19(10-8-17)22(4,20)21/h13,16H,1,5-11,15H2,2-4H3. The van der Waals surface area contributed by atoms with Crippen LogP contribution in [0.3, 0.4) is 0 Å². The Hall–Kier alpha value is -0.510. The van der Waals surface area contributed by atoms with Gasteiger partial charge in [0, 0.05) is 45.8 Å². The Kier molecular flexibility index (Phi) is 5.31. The number of nitrogens with two attached hydrogens (primary N) is 1. The summed E-state index contributed by atoms with van der Waals surface area (Å²) >= 11 is 0. The Labute approximate surface area is 134 Å². The van der Waals surface area contributed by atoms with E-state index >= 15 is 0 Å². The zero-order valence-corrected chi connectivity index (χ0v) is 14.7. The van der Waals surface area contributed by atoms with Crippen molar-refractivity contribution in [1.29, 1.82) is 0 Å². The predicted molar refractivity (Wildman–Crippen MR) is 88.8 cm³/mol. The van der Waals surface area contributed by atoms with Crippen LogP contribution in [0.4, 0.5) is 0 Å². The van der Waals surface area contributed by atoms with Crippen molar-refractivity contribution < 1.29 is 8.42 Å². The minimum absolute atomic E-state index is 0.206. The average molecular weight is 331 g/mol. The topological polar surface area (TPSA) is 81.9 Å². The van der Waals surface area contributed by atoms with Crippen LogP contribution in [0.5, 0.6) is 0 Å².